The molecule has 156 valence electrons. The molecular formula is C20H19Cl2N5O3. The second-order valence-electron chi connectivity index (χ2n) is 6.49. The summed E-state index contributed by atoms with van der Waals surface area (Å²) in [7, 11) is 1.49. The van der Waals surface area contributed by atoms with Gasteiger partial charge in [-0.3, -0.25) is 9.59 Å². The van der Waals surface area contributed by atoms with Crippen LogP contribution in [0.3, 0.4) is 0 Å². The Kier molecular flexibility index (Phi) is 6.59. The summed E-state index contributed by atoms with van der Waals surface area (Å²) in [5.74, 6) is -0.345. The molecule has 0 saturated heterocycles. The first-order valence-electron chi connectivity index (χ1n) is 8.89. The Balaban J connectivity index is 1.72. The van der Waals surface area contributed by atoms with Gasteiger partial charge in [0.2, 0.25) is 5.91 Å². The van der Waals surface area contributed by atoms with Crippen molar-refractivity contribution in [1.29, 1.82) is 0 Å². The van der Waals surface area contributed by atoms with Gasteiger partial charge in [0.05, 0.1) is 18.5 Å². The first-order valence-corrected chi connectivity index (χ1v) is 9.65. The van der Waals surface area contributed by atoms with Crippen LogP contribution in [-0.2, 0) is 11.3 Å². The van der Waals surface area contributed by atoms with Crippen molar-refractivity contribution in [2.75, 3.05) is 17.7 Å². The van der Waals surface area contributed by atoms with E-state index >= 15 is 0 Å². The zero-order chi connectivity index (χ0) is 21.8. The molecule has 0 aliphatic rings. The third kappa shape index (κ3) is 4.90. The molecule has 0 aliphatic heterocycles. The summed E-state index contributed by atoms with van der Waals surface area (Å²) in [4.78, 5) is 25.1. The fraction of sp³-hybridized carbons (Fsp3) is 0.200. The molecule has 0 radical (unpaired) electrons. The standard InChI is InChI=1S/C20H19Cl2N5O3/c1-11-4-5-13(21)8-15(11)24-20(29)19-12(2)27(26-25-19)10-18(28)23-16-9-14(22)6-7-17(16)30-3/h4-9H,10H2,1-3H3,(H,23,28)(H,24,29). The van der Waals surface area contributed by atoms with Gasteiger partial charge in [0.25, 0.3) is 5.91 Å². The molecule has 0 unspecified atom stereocenters. The summed E-state index contributed by atoms with van der Waals surface area (Å²) < 4.78 is 6.55. The Labute approximate surface area is 183 Å². The number of nitrogens with one attached hydrogen (secondary N) is 2. The van der Waals surface area contributed by atoms with Gasteiger partial charge in [0.15, 0.2) is 5.69 Å². The Morgan fingerprint density at radius 3 is 2.40 bits per heavy atom. The van der Waals surface area contributed by atoms with Crippen LogP contribution in [-0.4, -0.2) is 33.9 Å². The molecule has 2 aromatic carbocycles. The van der Waals surface area contributed by atoms with Gasteiger partial charge < -0.3 is 15.4 Å². The molecule has 0 atom stereocenters. The monoisotopic (exact) mass is 447 g/mol. The molecule has 0 bridgehead atoms. The van der Waals surface area contributed by atoms with Gasteiger partial charge in [-0.25, -0.2) is 4.68 Å². The van der Waals surface area contributed by atoms with E-state index in [4.69, 9.17) is 27.9 Å². The van der Waals surface area contributed by atoms with Gasteiger partial charge in [0, 0.05) is 15.7 Å². The average molecular weight is 448 g/mol. The van der Waals surface area contributed by atoms with Crippen molar-refractivity contribution in [3.8, 4) is 5.75 Å². The highest BCUT2D eigenvalue weighted by molar-refractivity contribution is 6.31. The SMILES string of the molecule is COc1ccc(Cl)cc1NC(=O)Cn1nnc(C(=O)Nc2cc(Cl)ccc2C)c1C. The van der Waals surface area contributed by atoms with E-state index in [0.29, 0.717) is 32.9 Å². The number of rotatable bonds is 6. The molecule has 3 rings (SSSR count). The lowest BCUT2D eigenvalue weighted by atomic mass is 10.2. The Morgan fingerprint density at radius 1 is 1.03 bits per heavy atom. The number of carbonyl (C=O) groups excluding carboxylic acids is 2. The van der Waals surface area contributed by atoms with Crippen molar-refractivity contribution in [2.45, 2.75) is 20.4 Å². The number of carbonyl (C=O) groups is 2. The number of halogens is 2. The van der Waals surface area contributed by atoms with Crippen molar-refractivity contribution in [3.05, 3.63) is 63.4 Å². The van der Waals surface area contributed by atoms with E-state index in [1.54, 1.807) is 43.3 Å². The normalized spacial score (nSPS) is 10.6. The van der Waals surface area contributed by atoms with Crippen molar-refractivity contribution >= 4 is 46.4 Å². The second kappa shape index (κ2) is 9.15. The summed E-state index contributed by atoms with van der Waals surface area (Å²) >= 11 is 12.0. The van der Waals surface area contributed by atoms with E-state index in [1.807, 2.05) is 6.92 Å². The highest BCUT2D eigenvalue weighted by atomic mass is 35.5. The lowest BCUT2D eigenvalue weighted by molar-refractivity contribution is -0.117. The Hall–Kier alpha value is -3.10. The Morgan fingerprint density at radius 2 is 1.70 bits per heavy atom. The number of methoxy groups -OCH3 is 1. The minimum Gasteiger partial charge on any atom is -0.495 e. The number of hydrogen-bond acceptors (Lipinski definition) is 5. The predicted molar refractivity (Wildman–Crippen MR) is 116 cm³/mol. The van der Waals surface area contributed by atoms with Crippen LogP contribution < -0.4 is 15.4 Å². The number of amides is 2. The van der Waals surface area contributed by atoms with Crippen molar-refractivity contribution < 1.29 is 14.3 Å². The minimum absolute atomic E-state index is 0.113. The number of aryl methyl sites for hydroxylation is 1. The van der Waals surface area contributed by atoms with Crippen molar-refractivity contribution in [3.63, 3.8) is 0 Å². The van der Waals surface area contributed by atoms with Crippen molar-refractivity contribution in [2.24, 2.45) is 0 Å². The molecule has 0 aliphatic carbocycles. The molecule has 1 heterocycles. The van der Waals surface area contributed by atoms with Gasteiger partial charge >= 0.3 is 0 Å². The van der Waals surface area contributed by atoms with Gasteiger partial charge in [-0.15, -0.1) is 5.10 Å². The number of benzene rings is 2. The van der Waals surface area contributed by atoms with E-state index in [2.05, 4.69) is 20.9 Å². The molecule has 2 amide bonds. The molecule has 30 heavy (non-hydrogen) atoms. The number of aromatic nitrogens is 3. The molecule has 8 nitrogen and oxygen atoms in total. The van der Waals surface area contributed by atoms with Gasteiger partial charge in [-0.1, -0.05) is 34.5 Å². The number of anilines is 2. The number of nitrogens with zero attached hydrogens (tertiary/aromatic N) is 3. The van der Waals surface area contributed by atoms with Crippen LogP contribution in [0.1, 0.15) is 21.7 Å². The van der Waals surface area contributed by atoms with Crippen LogP contribution in [0.25, 0.3) is 0 Å². The maximum absolute atomic E-state index is 12.6. The quantitative estimate of drug-likeness (QED) is 0.592. The van der Waals surface area contributed by atoms with Crippen LogP contribution in [0.4, 0.5) is 11.4 Å². The van der Waals surface area contributed by atoms with Crippen molar-refractivity contribution in [1.82, 2.24) is 15.0 Å². The van der Waals surface area contributed by atoms with E-state index in [0.717, 1.165) is 5.56 Å². The zero-order valence-corrected chi connectivity index (χ0v) is 18.0. The second-order valence-corrected chi connectivity index (χ2v) is 7.36. The summed E-state index contributed by atoms with van der Waals surface area (Å²) in [6.45, 7) is 3.37. The summed E-state index contributed by atoms with van der Waals surface area (Å²) in [6.07, 6.45) is 0. The summed E-state index contributed by atoms with van der Waals surface area (Å²) in [5, 5.41) is 14.3. The van der Waals surface area contributed by atoms with Gasteiger partial charge in [-0.05, 0) is 49.7 Å². The highest BCUT2D eigenvalue weighted by Gasteiger charge is 2.19. The maximum atomic E-state index is 12.6. The molecule has 10 heteroatoms. The molecule has 0 spiro atoms. The van der Waals surface area contributed by atoms with Crippen LogP contribution in [0.15, 0.2) is 36.4 Å². The molecule has 3 aromatic rings. The van der Waals surface area contributed by atoms with Crippen LogP contribution in [0.2, 0.25) is 10.0 Å². The third-order valence-electron chi connectivity index (χ3n) is 4.37. The topological polar surface area (TPSA) is 98.1 Å². The molecule has 2 N–H and O–H groups in total. The summed E-state index contributed by atoms with van der Waals surface area (Å²) in [5.41, 5.74) is 2.42. The molecule has 1 aromatic heterocycles. The minimum atomic E-state index is -0.443. The smallest absolute Gasteiger partial charge is 0.278 e. The molecule has 0 saturated carbocycles. The predicted octanol–water partition coefficient (Wildman–Crippen LogP) is 4.10. The summed E-state index contributed by atoms with van der Waals surface area (Å²) in [6, 6.07) is 10.1. The highest BCUT2D eigenvalue weighted by Crippen LogP contribution is 2.27. The zero-order valence-electron chi connectivity index (χ0n) is 16.5. The first-order chi connectivity index (χ1) is 14.3. The lowest BCUT2D eigenvalue weighted by Crippen LogP contribution is -2.21. The third-order valence-corrected chi connectivity index (χ3v) is 4.84. The van der Waals surface area contributed by atoms with Crippen LogP contribution >= 0.6 is 23.2 Å². The van der Waals surface area contributed by atoms with Crippen LogP contribution in [0.5, 0.6) is 5.75 Å². The van der Waals surface area contributed by atoms with E-state index < -0.39 is 5.91 Å². The first kappa shape index (κ1) is 21.6. The van der Waals surface area contributed by atoms with E-state index in [9.17, 15) is 9.59 Å². The molecule has 0 fully saturated rings. The maximum Gasteiger partial charge on any atom is 0.278 e. The lowest BCUT2D eigenvalue weighted by Gasteiger charge is -2.11. The van der Waals surface area contributed by atoms with E-state index in [1.165, 1.54) is 11.8 Å². The van der Waals surface area contributed by atoms with Crippen LogP contribution in [0, 0.1) is 13.8 Å². The number of hydrogen-bond donors (Lipinski definition) is 2. The number of ether oxygens (including phenoxy) is 1. The molecular weight excluding hydrogens is 429 g/mol. The fourth-order valence-corrected chi connectivity index (χ4v) is 3.08. The Bertz CT molecular complexity index is 1110. The largest absolute Gasteiger partial charge is 0.495 e. The van der Waals surface area contributed by atoms with E-state index in [-0.39, 0.29) is 18.1 Å². The fourth-order valence-electron chi connectivity index (χ4n) is 2.73. The van der Waals surface area contributed by atoms with Gasteiger partial charge in [-0.2, -0.15) is 0 Å². The average Bonchev–Trinajstić information content (AvgIpc) is 3.05. The van der Waals surface area contributed by atoms with Gasteiger partial charge in [0.1, 0.15) is 12.3 Å².